The molecule has 0 saturated heterocycles. The van der Waals surface area contributed by atoms with Crippen LogP contribution in [0.5, 0.6) is 0 Å². The van der Waals surface area contributed by atoms with E-state index in [-0.39, 0.29) is 26.1 Å². The second-order valence-corrected chi connectivity index (χ2v) is 17.6. The molecule has 0 spiro atoms. The highest BCUT2D eigenvalue weighted by Crippen LogP contribution is 2.43. The molecule has 0 amide bonds. The maximum atomic E-state index is 12.7. The maximum Gasteiger partial charge on any atom is 0.472 e. The number of allylic oxidation sites excluding steroid dienone is 11. The van der Waals surface area contributed by atoms with Crippen molar-refractivity contribution in [2.24, 2.45) is 0 Å². The van der Waals surface area contributed by atoms with Crippen LogP contribution in [0.15, 0.2) is 73.4 Å². The zero-order valence-corrected chi connectivity index (χ0v) is 38.2. The monoisotopic (exact) mass is 835 g/mol. The summed E-state index contributed by atoms with van der Waals surface area (Å²) in [6.07, 6.45) is 48.6. The lowest BCUT2D eigenvalue weighted by Crippen LogP contribution is -2.37. The van der Waals surface area contributed by atoms with Gasteiger partial charge in [0.05, 0.1) is 27.7 Å². The van der Waals surface area contributed by atoms with Gasteiger partial charge in [-0.25, -0.2) is 4.57 Å². The molecule has 0 aromatic rings. The van der Waals surface area contributed by atoms with Crippen LogP contribution >= 0.6 is 7.82 Å². The quantitative estimate of drug-likeness (QED) is 0.0213. The molecule has 0 heterocycles. The number of hydrogen-bond donors (Lipinski definition) is 1. The average Bonchev–Trinajstić information content (AvgIpc) is 3.17. The molecule has 0 saturated carbocycles. The molecule has 9 nitrogen and oxygen atoms in total. The van der Waals surface area contributed by atoms with Crippen molar-refractivity contribution in [3.63, 3.8) is 0 Å². The number of rotatable bonds is 41. The van der Waals surface area contributed by atoms with Gasteiger partial charge in [0.25, 0.3) is 0 Å². The van der Waals surface area contributed by atoms with Crippen molar-refractivity contribution in [1.82, 2.24) is 0 Å². The third-order valence-electron chi connectivity index (χ3n) is 9.37. The molecule has 0 aliphatic carbocycles. The van der Waals surface area contributed by atoms with Gasteiger partial charge in [-0.1, -0.05) is 157 Å². The van der Waals surface area contributed by atoms with Crippen molar-refractivity contribution < 1.29 is 42.1 Å². The minimum atomic E-state index is -4.40. The molecule has 0 aliphatic rings. The normalized spacial score (nSPS) is 14.0. The Bertz CT molecular complexity index is 1200. The number of quaternary nitrogens is 1. The lowest BCUT2D eigenvalue weighted by molar-refractivity contribution is -0.870. The van der Waals surface area contributed by atoms with Crippen molar-refractivity contribution in [3.05, 3.63) is 73.4 Å². The number of phosphoric acid groups is 1. The van der Waals surface area contributed by atoms with E-state index in [1.807, 2.05) is 39.4 Å². The maximum absolute atomic E-state index is 12.7. The fourth-order valence-corrected chi connectivity index (χ4v) is 6.54. The standard InChI is InChI=1S/C48H84NO8P/c1-6-8-10-12-14-16-18-20-22-23-24-25-27-29-31-33-35-37-39-41-48(51)57-46(45-56-58(52,53)55-43-42-49(3,4)5)44-54-47(50)40-38-36-34-32-30-28-26-21-19-17-15-13-11-9-7-2/h7,14,16,20,22,24-25,29,31,35,37,46H,2,6,8-13,15,17-19,21,23,26-28,30,32-34,36,38-45H2,1,3-5H3/p+1/b16-14+,22-20+,25-24+,31-29+,37-35+/t46-/m1/s1. The summed E-state index contributed by atoms with van der Waals surface area (Å²) >= 11 is 0. The summed E-state index contributed by atoms with van der Waals surface area (Å²) in [5.41, 5.74) is 0. The molecule has 58 heavy (non-hydrogen) atoms. The number of likely N-dealkylation sites (N-methyl/N-ethyl adjacent to an activating group) is 1. The highest BCUT2D eigenvalue weighted by atomic mass is 31.2. The number of unbranched alkanes of at least 4 members (excludes halogenated alkanes) is 16. The molecular weight excluding hydrogens is 750 g/mol. The summed E-state index contributed by atoms with van der Waals surface area (Å²) in [5.74, 6) is -0.901. The Hall–Kier alpha value is -2.55. The van der Waals surface area contributed by atoms with Crippen LogP contribution in [0.3, 0.4) is 0 Å². The van der Waals surface area contributed by atoms with Crippen molar-refractivity contribution in [2.75, 3.05) is 47.5 Å². The summed E-state index contributed by atoms with van der Waals surface area (Å²) in [6, 6.07) is 0. The number of ether oxygens (including phenoxy) is 2. The molecule has 0 aromatic heterocycles. The van der Waals surface area contributed by atoms with Crippen LogP contribution in [0, 0.1) is 0 Å². The predicted octanol–water partition coefficient (Wildman–Crippen LogP) is 13.0. The Kier molecular flexibility index (Phi) is 38.1. The van der Waals surface area contributed by atoms with Crippen molar-refractivity contribution in [3.8, 4) is 0 Å². The first-order valence-corrected chi connectivity index (χ1v) is 24.1. The number of carbonyl (C=O) groups is 2. The van der Waals surface area contributed by atoms with Crippen LogP contribution in [0.1, 0.15) is 167 Å². The van der Waals surface area contributed by atoms with Gasteiger partial charge in [0.2, 0.25) is 0 Å². The van der Waals surface area contributed by atoms with Crippen molar-refractivity contribution >= 4 is 19.8 Å². The Morgan fingerprint density at radius 2 is 1.05 bits per heavy atom. The summed E-state index contributed by atoms with van der Waals surface area (Å²) in [5, 5.41) is 0. The van der Waals surface area contributed by atoms with Gasteiger partial charge in [-0.3, -0.25) is 18.6 Å². The Labute approximate surface area is 355 Å². The molecule has 334 valence electrons. The summed E-state index contributed by atoms with van der Waals surface area (Å²) < 4.78 is 34.2. The molecule has 1 unspecified atom stereocenters. The molecule has 0 aliphatic heterocycles. The van der Waals surface area contributed by atoms with E-state index in [4.69, 9.17) is 18.5 Å². The lowest BCUT2D eigenvalue weighted by atomic mass is 10.0. The molecule has 10 heteroatoms. The van der Waals surface area contributed by atoms with E-state index in [0.29, 0.717) is 17.4 Å². The van der Waals surface area contributed by atoms with Crippen LogP contribution in [0.2, 0.25) is 0 Å². The van der Waals surface area contributed by atoms with Gasteiger partial charge < -0.3 is 18.9 Å². The average molecular weight is 835 g/mol. The molecule has 1 N–H and O–H groups in total. The molecule has 0 fully saturated rings. The molecular formula is C48H85NO8P+. The summed E-state index contributed by atoms with van der Waals surface area (Å²) in [4.78, 5) is 35.4. The van der Waals surface area contributed by atoms with E-state index in [1.54, 1.807) is 0 Å². The summed E-state index contributed by atoms with van der Waals surface area (Å²) in [6.45, 7) is 5.82. The molecule has 0 aromatic carbocycles. The predicted molar refractivity (Wildman–Crippen MR) is 242 cm³/mol. The van der Waals surface area contributed by atoms with E-state index in [1.165, 1.54) is 89.9 Å². The van der Waals surface area contributed by atoms with Gasteiger partial charge in [-0.15, -0.1) is 6.58 Å². The number of nitrogens with zero attached hydrogens (tertiary/aromatic N) is 1. The second-order valence-electron chi connectivity index (χ2n) is 16.2. The minimum absolute atomic E-state index is 0.0149. The van der Waals surface area contributed by atoms with E-state index < -0.39 is 32.5 Å². The van der Waals surface area contributed by atoms with Gasteiger partial charge >= 0.3 is 19.8 Å². The van der Waals surface area contributed by atoms with Gasteiger partial charge in [0.1, 0.15) is 19.8 Å². The first-order chi connectivity index (χ1) is 28.0. The van der Waals surface area contributed by atoms with Gasteiger partial charge in [-0.05, 0) is 64.2 Å². The highest BCUT2D eigenvalue weighted by Gasteiger charge is 2.27. The van der Waals surface area contributed by atoms with E-state index in [2.05, 4.69) is 62.1 Å². The fourth-order valence-electron chi connectivity index (χ4n) is 5.80. The zero-order valence-electron chi connectivity index (χ0n) is 37.3. The molecule has 0 bridgehead atoms. The molecule has 0 rings (SSSR count). The van der Waals surface area contributed by atoms with E-state index in [0.717, 1.165) is 51.4 Å². The number of phosphoric ester groups is 1. The third kappa shape index (κ3) is 43.0. The van der Waals surface area contributed by atoms with E-state index in [9.17, 15) is 19.0 Å². The van der Waals surface area contributed by atoms with Gasteiger partial charge in [-0.2, -0.15) is 0 Å². The van der Waals surface area contributed by atoms with Crippen LogP contribution < -0.4 is 0 Å². The number of hydrogen-bond acceptors (Lipinski definition) is 7. The Morgan fingerprint density at radius 1 is 0.586 bits per heavy atom. The number of esters is 2. The van der Waals surface area contributed by atoms with Crippen molar-refractivity contribution in [2.45, 2.75) is 174 Å². The largest absolute Gasteiger partial charge is 0.472 e. The zero-order chi connectivity index (χ0) is 42.8. The smallest absolute Gasteiger partial charge is 0.462 e. The third-order valence-corrected chi connectivity index (χ3v) is 10.4. The molecule has 0 radical (unpaired) electrons. The minimum Gasteiger partial charge on any atom is -0.462 e. The molecule has 2 atom stereocenters. The van der Waals surface area contributed by atoms with Crippen LogP contribution in [-0.2, 0) is 32.7 Å². The highest BCUT2D eigenvalue weighted by molar-refractivity contribution is 7.47. The second kappa shape index (κ2) is 39.9. The van der Waals surface area contributed by atoms with Gasteiger partial charge in [0.15, 0.2) is 6.10 Å². The van der Waals surface area contributed by atoms with Crippen LogP contribution in [-0.4, -0.2) is 74.9 Å². The summed E-state index contributed by atoms with van der Waals surface area (Å²) in [7, 11) is 1.42. The number of carbonyl (C=O) groups excluding carboxylic acids is 2. The van der Waals surface area contributed by atoms with Crippen LogP contribution in [0.25, 0.3) is 0 Å². The van der Waals surface area contributed by atoms with Crippen molar-refractivity contribution in [1.29, 1.82) is 0 Å². The SMILES string of the molecule is C=CCCCCCCCCCCCCCCCC(=O)OC[C@H](COP(=O)(O)OCC[N+](C)(C)C)OC(=O)CC/C=C/C/C=C/C/C=C/C/C=C/C/C=C/CCCCC. The first kappa shape index (κ1) is 55.5. The first-order valence-electron chi connectivity index (χ1n) is 22.6. The Morgan fingerprint density at radius 3 is 1.55 bits per heavy atom. The fraction of sp³-hybridized carbons (Fsp3) is 0.708. The van der Waals surface area contributed by atoms with E-state index >= 15 is 0 Å². The lowest BCUT2D eigenvalue weighted by Gasteiger charge is -2.24. The van der Waals surface area contributed by atoms with Crippen LogP contribution in [0.4, 0.5) is 0 Å². The van der Waals surface area contributed by atoms with Gasteiger partial charge in [0, 0.05) is 12.8 Å². The topological polar surface area (TPSA) is 108 Å². The Balaban J connectivity index is 4.47.